The van der Waals surface area contributed by atoms with E-state index in [1.807, 2.05) is 38.1 Å². The molecule has 35 heavy (non-hydrogen) atoms. The fourth-order valence-electron chi connectivity index (χ4n) is 8.91. The van der Waals surface area contributed by atoms with Gasteiger partial charge in [0.15, 0.2) is 0 Å². The fraction of sp³-hybridized carbons (Fsp3) is 0.655. The number of carboxylic acid groups (broad SMARTS) is 1. The van der Waals surface area contributed by atoms with Crippen LogP contribution in [0.5, 0.6) is 0 Å². The number of hydrogen-bond donors (Lipinski definition) is 2. The molecular weight excluding hydrogens is 442 g/mol. The lowest BCUT2D eigenvalue weighted by atomic mass is 9.40. The van der Waals surface area contributed by atoms with Crippen molar-refractivity contribution in [2.45, 2.75) is 71.0 Å². The number of aliphatic hydroxyl groups excluding tert-OH is 1. The number of rotatable bonds is 4. The highest BCUT2D eigenvalue weighted by atomic mass is 16.5. The molecule has 0 amide bonds. The first kappa shape index (κ1) is 24.4. The predicted molar refractivity (Wildman–Crippen MR) is 134 cm³/mol. The van der Waals surface area contributed by atoms with Crippen molar-refractivity contribution < 1.29 is 24.5 Å². The van der Waals surface area contributed by atoms with Crippen LogP contribution in [0.15, 0.2) is 36.4 Å². The molecule has 1 aromatic rings. The number of nitrogens with zero attached hydrogens (tertiary/aromatic N) is 1. The molecule has 4 fully saturated rings. The normalized spacial score (nSPS) is 42.1. The van der Waals surface area contributed by atoms with E-state index in [1.165, 1.54) is 0 Å². The first-order valence-corrected chi connectivity index (χ1v) is 13.0. The second kappa shape index (κ2) is 8.09. The lowest BCUT2D eigenvalue weighted by Crippen LogP contribution is -2.63. The first-order chi connectivity index (χ1) is 16.4. The van der Waals surface area contributed by atoms with Crippen LogP contribution >= 0.6 is 0 Å². The van der Waals surface area contributed by atoms with Crippen molar-refractivity contribution >= 4 is 17.6 Å². The molecule has 0 saturated heterocycles. The molecular formula is C29H39NO5. The van der Waals surface area contributed by atoms with E-state index in [0.717, 1.165) is 43.4 Å². The summed E-state index contributed by atoms with van der Waals surface area (Å²) in [6, 6.07) is 7.41. The maximum Gasteiger partial charge on any atom is 0.338 e. The highest BCUT2D eigenvalue weighted by Gasteiger charge is 2.70. The Morgan fingerprint density at radius 2 is 1.80 bits per heavy atom. The Hall–Kier alpha value is -2.34. The molecule has 2 N–H and O–H groups in total. The van der Waals surface area contributed by atoms with Gasteiger partial charge in [-0.25, -0.2) is 4.79 Å². The molecule has 0 radical (unpaired) electrons. The van der Waals surface area contributed by atoms with E-state index < -0.39 is 22.9 Å². The lowest BCUT2D eigenvalue weighted by Gasteiger charge is -2.64. The van der Waals surface area contributed by atoms with Crippen molar-refractivity contribution in [2.75, 3.05) is 19.0 Å². The van der Waals surface area contributed by atoms with Crippen molar-refractivity contribution in [3.05, 3.63) is 42.0 Å². The van der Waals surface area contributed by atoms with Crippen LogP contribution in [-0.4, -0.2) is 48.5 Å². The summed E-state index contributed by atoms with van der Waals surface area (Å²) < 4.78 is 6.31. The molecule has 6 heteroatoms. The quantitative estimate of drug-likeness (QED) is 0.469. The third-order valence-electron chi connectivity index (χ3n) is 10.5. The van der Waals surface area contributed by atoms with Crippen molar-refractivity contribution in [1.29, 1.82) is 0 Å². The highest BCUT2D eigenvalue weighted by molar-refractivity contribution is 5.90. The molecule has 8 atom stereocenters. The number of benzene rings is 1. The van der Waals surface area contributed by atoms with Crippen molar-refractivity contribution in [3.63, 3.8) is 0 Å². The van der Waals surface area contributed by atoms with E-state index in [0.29, 0.717) is 18.4 Å². The molecule has 1 aromatic carbocycles. The number of fused-ring (bicyclic) bond motifs is 3. The number of aliphatic hydroxyl groups is 1. The Bertz CT molecular complexity index is 1050. The minimum atomic E-state index is -0.803. The van der Waals surface area contributed by atoms with Gasteiger partial charge in [0.1, 0.15) is 6.10 Å². The van der Waals surface area contributed by atoms with Crippen molar-refractivity contribution in [3.8, 4) is 0 Å². The van der Waals surface area contributed by atoms with Gasteiger partial charge < -0.3 is 19.8 Å². The second-order valence-corrected chi connectivity index (χ2v) is 12.4. The molecule has 4 aliphatic rings. The average molecular weight is 482 g/mol. The zero-order chi connectivity index (χ0) is 25.3. The number of aliphatic carboxylic acids is 1. The zero-order valence-electron chi connectivity index (χ0n) is 21.4. The second-order valence-electron chi connectivity index (χ2n) is 12.4. The molecule has 0 heterocycles. The van der Waals surface area contributed by atoms with E-state index in [2.05, 4.69) is 13.5 Å². The van der Waals surface area contributed by atoms with Gasteiger partial charge in [0.05, 0.1) is 17.1 Å². The van der Waals surface area contributed by atoms with Crippen molar-refractivity contribution in [2.24, 2.45) is 34.0 Å². The molecule has 2 bridgehead atoms. The smallest absolute Gasteiger partial charge is 0.338 e. The van der Waals surface area contributed by atoms with Gasteiger partial charge in [0.2, 0.25) is 0 Å². The summed E-state index contributed by atoms with van der Waals surface area (Å²) in [5.41, 5.74) is 0.846. The zero-order valence-corrected chi connectivity index (χ0v) is 21.4. The summed E-state index contributed by atoms with van der Waals surface area (Å²) in [5, 5.41) is 21.7. The van der Waals surface area contributed by atoms with E-state index in [4.69, 9.17) is 4.74 Å². The molecule has 1 spiro atoms. The summed E-state index contributed by atoms with van der Waals surface area (Å²) in [5.74, 6) is -1.06. The Morgan fingerprint density at radius 1 is 1.11 bits per heavy atom. The summed E-state index contributed by atoms with van der Waals surface area (Å²) in [4.78, 5) is 27.8. The van der Waals surface area contributed by atoms with Crippen LogP contribution in [0.2, 0.25) is 0 Å². The number of carboxylic acids is 1. The third-order valence-corrected chi connectivity index (χ3v) is 10.5. The van der Waals surface area contributed by atoms with E-state index in [1.54, 1.807) is 12.1 Å². The average Bonchev–Trinajstić information content (AvgIpc) is 2.99. The molecule has 4 saturated carbocycles. The fourth-order valence-corrected chi connectivity index (χ4v) is 8.91. The van der Waals surface area contributed by atoms with Gasteiger partial charge in [-0.2, -0.15) is 0 Å². The van der Waals surface area contributed by atoms with Crippen LogP contribution < -0.4 is 4.90 Å². The van der Waals surface area contributed by atoms with Gasteiger partial charge in [-0.05, 0) is 92.5 Å². The van der Waals surface area contributed by atoms with Crippen molar-refractivity contribution in [1.82, 2.24) is 0 Å². The minimum absolute atomic E-state index is 0.0185. The number of carbonyl (C=O) groups excluding carboxylic acids is 1. The first-order valence-electron chi connectivity index (χ1n) is 13.0. The largest absolute Gasteiger partial charge is 0.481 e. The van der Waals surface area contributed by atoms with Crippen LogP contribution in [0.3, 0.4) is 0 Å². The van der Waals surface area contributed by atoms with E-state index in [-0.39, 0.29) is 35.2 Å². The topological polar surface area (TPSA) is 87.1 Å². The van der Waals surface area contributed by atoms with Gasteiger partial charge >= 0.3 is 11.9 Å². The van der Waals surface area contributed by atoms with Crippen LogP contribution in [-0.2, 0) is 9.53 Å². The number of ether oxygens (including phenoxy) is 1. The lowest BCUT2D eigenvalue weighted by molar-refractivity contribution is -0.212. The van der Waals surface area contributed by atoms with E-state index in [9.17, 15) is 19.8 Å². The molecule has 5 rings (SSSR count). The van der Waals surface area contributed by atoms with Crippen LogP contribution in [0.4, 0.5) is 5.69 Å². The number of anilines is 1. The molecule has 0 aromatic heterocycles. The SMILES string of the molecule is C=C1[C@H]2C[C@H](OC(=O)c3ccc(N(C)C)cc3)[C@H]3[C@]4(C)CCC[C@@](C)(C(=O)O)[C@H]4CC[C@]3(C2)[C@@H]1O. The molecule has 0 unspecified atom stereocenters. The summed E-state index contributed by atoms with van der Waals surface area (Å²) in [6.07, 6.45) is 4.43. The van der Waals surface area contributed by atoms with Crippen LogP contribution in [0.1, 0.15) is 69.2 Å². The molecule has 6 nitrogen and oxygen atoms in total. The van der Waals surface area contributed by atoms with Crippen LogP contribution in [0, 0.1) is 34.0 Å². The maximum atomic E-state index is 13.3. The van der Waals surface area contributed by atoms with Gasteiger partial charge in [0.25, 0.3) is 0 Å². The summed E-state index contributed by atoms with van der Waals surface area (Å²) in [6.45, 7) is 8.37. The number of esters is 1. The Morgan fingerprint density at radius 3 is 2.43 bits per heavy atom. The van der Waals surface area contributed by atoms with Gasteiger partial charge in [-0.15, -0.1) is 0 Å². The molecule has 4 aliphatic carbocycles. The Labute approximate surface area is 208 Å². The van der Waals surface area contributed by atoms with Crippen LogP contribution in [0.25, 0.3) is 0 Å². The number of hydrogen-bond acceptors (Lipinski definition) is 5. The monoisotopic (exact) mass is 481 g/mol. The van der Waals surface area contributed by atoms with Gasteiger partial charge in [-0.3, -0.25) is 4.79 Å². The standard InChI is InChI=1S/C29H39NO5/c1-17-19-15-21(35-25(32)18-7-9-20(10-8-18)30(4)5)23-27(2)12-6-13-28(3,26(33)34)22(27)11-14-29(23,16-19)24(17)31/h7-10,19,21-24,31H,1,6,11-16H2,2-5H3,(H,33,34)/t19-,21-,22-,23-,24+,27+,28+,29+/m0/s1. The molecule has 0 aliphatic heterocycles. The minimum Gasteiger partial charge on any atom is -0.481 e. The number of carbonyl (C=O) groups is 2. The Balaban J connectivity index is 1.52. The Kier molecular flexibility index (Phi) is 5.63. The third kappa shape index (κ3) is 3.39. The highest BCUT2D eigenvalue weighted by Crippen LogP contribution is 2.72. The summed E-state index contributed by atoms with van der Waals surface area (Å²) >= 11 is 0. The van der Waals surface area contributed by atoms with Gasteiger partial charge in [-0.1, -0.05) is 19.9 Å². The summed E-state index contributed by atoms with van der Waals surface area (Å²) in [7, 11) is 3.91. The van der Waals surface area contributed by atoms with E-state index >= 15 is 0 Å². The molecule has 190 valence electrons. The predicted octanol–water partition coefficient (Wildman–Crippen LogP) is 4.91. The van der Waals surface area contributed by atoms with Gasteiger partial charge in [0, 0.05) is 31.1 Å². The maximum absolute atomic E-state index is 13.3.